The molecule has 8 heteroatoms. The summed E-state index contributed by atoms with van der Waals surface area (Å²) in [6.45, 7) is 4.90. The summed E-state index contributed by atoms with van der Waals surface area (Å²) in [5.74, 6) is -0.0436. The second kappa shape index (κ2) is 8.16. The first-order chi connectivity index (χ1) is 14.4. The van der Waals surface area contributed by atoms with E-state index in [2.05, 4.69) is 10.9 Å². The summed E-state index contributed by atoms with van der Waals surface area (Å²) in [5, 5.41) is 0. The monoisotopic (exact) mass is 409 g/mol. The molecular formula is C22H23N3O5. The fourth-order valence-electron chi connectivity index (χ4n) is 3.63. The Morgan fingerprint density at radius 1 is 1.00 bits per heavy atom. The van der Waals surface area contributed by atoms with Gasteiger partial charge in [0.2, 0.25) is 5.91 Å². The number of benzene rings is 2. The minimum atomic E-state index is -0.831. The van der Waals surface area contributed by atoms with E-state index >= 15 is 0 Å². The maximum Gasteiger partial charge on any atom is 0.265 e. The molecule has 0 aliphatic carbocycles. The average molecular weight is 409 g/mol. The highest BCUT2D eigenvalue weighted by atomic mass is 16.5. The fraction of sp³-hybridized carbons (Fsp3) is 0.318. The molecule has 4 rings (SSSR count). The lowest BCUT2D eigenvalue weighted by atomic mass is 10.1. The van der Waals surface area contributed by atoms with Crippen LogP contribution in [0, 0.1) is 13.8 Å². The minimum absolute atomic E-state index is 0.0345. The van der Waals surface area contributed by atoms with Crippen molar-refractivity contribution in [2.45, 2.75) is 32.7 Å². The maximum absolute atomic E-state index is 12.8. The molecule has 0 bridgehead atoms. The van der Waals surface area contributed by atoms with Crippen LogP contribution >= 0.6 is 0 Å². The second-order valence-corrected chi connectivity index (χ2v) is 7.48. The molecule has 1 saturated heterocycles. The predicted octanol–water partition coefficient (Wildman–Crippen LogP) is 2.03. The third-order valence-corrected chi connectivity index (χ3v) is 4.98. The van der Waals surface area contributed by atoms with Gasteiger partial charge in [-0.15, -0.1) is 0 Å². The Morgan fingerprint density at radius 3 is 2.43 bits per heavy atom. The number of hydrazine groups is 1. The molecule has 2 aliphatic heterocycles. The van der Waals surface area contributed by atoms with E-state index in [1.54, 1.807) is 30.3 Å². The summed E-state index contributed by atoms with van der Waals surface area (Å²) in [6.07, 6.45) is 0.736. The van der Waals surface area contributed by atoms with Crippen LogP contribution in [0.4, 0.5) is 5.69 Å². The summed E-state index contributed by atoms with van der Waals surface area (Å²) in [5.41, 5.74) is 8.05. The predicted molar refractivity (Wildman–Crippen MR) is 109 cm³/mol. The van der Waals surface area contributed by atoms with Crippen LogP contribution in [-0.4, -0.2) is 37.0 Å². The number of aryl methyl sites for hydroxylation is 2. The lowest BCUT2D eigenvalue weighted by molar-refractivity contribution is -0.121. The number of nitrogens with zero attached hydrogens (tertiary/aromatic N) is 1. The molecule has 2 aromatic rings. The summed E-state index contributed by atoms with van der Waals surface area (Å²) in [4.78, 5) is 38.9. The summed E-state index contributed by atoms with van der Waals surface area (Å²) < 4.78 is 11.2. The largest absolute Gasteiger partial charge is 0.490 e. The van der Waals surface area contributed by atoms with E-state index in [1.165, 1.54) is 0 Å². The van der Waals surface area contributed by atoms with Crippen LogP contribution < -0.4 is 25.2 Å². The third kappa shape index (κ3) is 3.99. The van der Waals surface area contributed by atoms with Crippen molar-refractivity contribution in [3.63, 3.8) is 0 Å². The molecule has 30 heavy (non-hydrogen) atoms. The SMILES string of the molecule is Cc1cc(C)cc(N2C(=O)CC(NNC(=O)c3ccc4c(c3)OCCCO4)C2=O)c1. The molecule has 1 unspecified atom stereocenters. The van der Waals surface area contributed by atoms with E-state index in [-0.39, 0.29) is 12.3 Å². The molecule has 1 atom stereocenters. The van der Waals surface area contributed by atoms with Gasteiger partial charge in [-0.05, 0) is 55.3 Å². The highest BCUT2D eigenvalue weighted by molar-refractivity contribution is 6.22. The summed E-state index contributed by atoms with van der Waals surface area (Å²) in [6, 6.07) is 9.63. The van der Waals surface area contributed by atoms with Gasteiger partial charge in [0.05, 0.1) is 25.3 Å². The highest BCUT2D eigenvalue weighted by Crippen LogP contribution is 2.30. The van der Waals surface area contributed by atoms with Crippen LogP contribution in [0.2, 0.25) is 0 Å². The quantitative estimate of drug-likeness (QED) is 0.593. The van der Waals surface area contributed by atoms with E-state index < -0.39 is 17.9 Å². The van der Waals surface area contributed by atoms with E-state index in [9.17, 15) is 14.4 Å². The van der Waals surface area contributed by atoms with Crippen LogP contribution in [0.5, 0.6) is 11.5 Å². The first-order valence-electron chi connectivity index (χ1n) is 9.83. The molecule has 156 valence electrons. The van der Waals surface area contributed by atoms with Gasteiger partial charge in [-0.3, -0.25) is 19.8 Å². The van der Waals surface area contributed by atoms with Crippen molar-refractivity contribution >= 4 is 23.4 Å². The smallest absolute Gasteiger partial charge is 0.265 e. The number of fused-ring (bicyclic) bond motifs is 1. The lowest BCUT2D eigenvalue weighted by Gasteiger charge is -2.17. The molecule has 0 saturated carbocycles. The van der Waals surface area contributed by atoms with Crippen LogP contribution in [-0.2, 0) is 9.59 Å². The Bertz CT molecular complexity index is 1000. The standard InChI is InChI=1S/C22H23N3O5/c1-13-8-14(2)10-16(9-13)25-20(26)12-17(22(25)28)23-24-21(27)15-4-5-18-19(11-15)30-7-3-6-29-18/h4-5,8-11,17,23H,3,6-7,12H2,1-2H3,(H,24,27). The number of anilines is 1. The van der Waals surface area contributed by atoms with Crippen molar-refractivity contribution in [3.8, 4) is 11.5 Å². The molecule has 0 aromatic heterocycles. The molecule has 2 heterocycles. The van der Waals surface area contributed by atoms with E-state index in [4.69, 9.17) is 9.47 Å². The third-order valence-electron chi connectivity index (χ3n) is 4.98. The van der Waals surface area contributed by atoms with Crippen molar-refractivity contribution in [2.75, 3.05) is 18.1 Å². The topological polar surface area (TPSA) is 97.0 Å². The second-order valence-electron chi connectivity index (χ2n) is 7.48. The molecule has 2 aliphatic rings. The van der Waals surface area contributed by atoms with Gasteiger partial charge in [-0.2, -0.15) is 0 Å². The van der Waals surface area contributed by atoms with Gasteiger partial charge in [0.1, 0.15) is 6.04 Å². The van der Waals surface area contributed by atoms with Crippen LogP contribution in [0.1, 0.15) is 34.3 Å². The molecule has 1 fully saturated rings. The van der Waals surface area contributed by atoms with Gasteiger partial charge in [-0.1, -0.05) is 6.07 Å². The van der Waals surface area contributed by atoms with Gasteiger partial charge >= 0.3 is 0 Å². The Kier molecular flexibility index (Phi) is 5.41. The number of imide groups is 1. The normalized spacial score (nSPS) is 18.3. The number of ether oxygens (including phenoxy) is 2. The zero-order chi connectivity index (χ0) is 21.3. The van der Waals surface area contributed by atoms with Crippen molar-refractivity contribution in [1.82, 2.24) is 10.9 Å². The maximum atomic E-state index is 12.8. The number of nitrogens with one attached hydrogen (secondary N) is 2. The highest BCUT2D eigenvalue weighted by Gasteiger charge is 2.39. The van der Waals surface area contributed by atoms with E-state index in [0.717, 1.165) is 22.4 Å². The summed E-state index contributed by atoms with van der Waals surface area (Å²) in [7, 11) is 0. The zero-order valence-electron chi connectivity index (χ0n) is 16.9. The zero-order valence-corrected chi connectivity index (χ0v) is 16.9. The first kappa shape index (κ1) is 19.9. The number of amides is 3. The Balaban J connectivity index is 1.43. The van der Waals surface area contributed by atoms with E-state index in [0.29, 0.717) is 36.0 Å². The lowest BCUT2D eigenvalue weighted by Crippen LogP contribution is -2.48. The van der Waals surface area contributed by atoms with Gasteiger partial charge in [0.15, 0.2) is 11.5 Å². The molecule has 0 radical (unpaired) electrons. The van der Waals surface area contributed by atoms with Gasteiger partial charge in [0, 0.05) is 12.0 Å². The number of rotatable bonds is 4. The van der Waals surface area contributed by atoms with Gasteiger partial charge in [-0.25, -0.2) is 10.3 Å². The van der Waals surface area contributed by atoms with E-state index in [1.807, 2.05) is 19.9 Å². The molecule has 2 aromatic carbocycles. The van der Waals surface area contributed by atoms with Gasteiger partial charge in [0.25, 0.3) is 11.8 Å². The molecule has 2 N–H and O–H groups in total. The van der Waals surface area contributed by atoms with Crippen molar-refractivity contribution in [1.29, 1.82) is 0 Å². The number of carbonyl (C=O) groups excluding carboxylic acids is 3. The molecule has 8 nitrogen and oxygen atoms in total. The molecular weight excluding hydrogens is 386 g/mol. The molecule has 0 spiro atoms. The van der Waals surface area contributed by atoms with Crippen molar-refractivity contribution in [2.24, 2.45) is 0 Å². The van der Waals surface area contributed by atoms with Crippen molar-refractivity contribution in [3.05, 3.63) is 53.1 Å². The van der Waals surface area contributed by atoms with Gasteiger partial charge < -0.3 is 9.47 Å². The van der Waals surface area contributed by atoms with Crippen LogP contribution in [0.25, 0.3) is 0 Å². The number of carbonyl (C=O) groups is 3. The first-order valence-corrected chi connectivity index (χ1v) is 9.83. The van der Waals surface area contributed by atoms with Crippen LogP contribution in [0.3, 0.4) is 0 Å². The Hall–Kier alpha value is -3.39. The summed E-state index contributed by atoms with van der Waals surface area (Å²) >= 11 is 0. The Morgan fingerprint density at radius 2 is 1.70 bits per heavy atom. The number of hydrogen-bond acceptors (Lipinski definition) is 6. The minimum Gasteiger partial charge on any atom is -0.490 e. The number of hydrogen-bond donors (Lipinski definition) is 2. The molecule has 3 amide bonds. The van der Waals surface area contributed by atoms with Crippen LogP contribution in [0.15, 0.2) is 36.4 Å². The fourth-order valence-corrected chi connectivity index (χ4v) is 3.63. The average Bonchev–Trinajstić information content (AvgIpc) is 2.86. The van der Waals surface area contributed by atoms with Crippen molar-refractivity contribution < 1.29 is 23.9 Å². The Labute approximate surface area is 174 Å².